The van der Waals surface area contributed by atoms with E-state index in [1.54, 1.807) is 0 Å². The van der Waals surface area contributed by atoms with E-state index in [-0.39, 0.29) is 4.47 Å². The lowest BCUT2D eigenvalue weighted by atomic mass is 10.0. The molecule has 0 aliphatic rings. The second-order valence-electron chi connectivity index (χ2n) is 3.90. The van der Waals surface area contributed by atoms with Gasteiger partial charge >= 0.3 is 0 Å². The summed E-state index contributed by atoms with van der Waals surface area (Å²) in [5.74, 6) is -4.51. The first kappa shape index (κ1) is 16.2. The van der Waals surface area contributed by atoms with Crippen molar-refractivity contribution in [1.82, 2.24) is 0 Å². The van der Waals surface area contributed by atoms with Gasteiger partial charge in [0.2, 0.25) is 0 Å². The lowest BCUT2D eigenvalue weighted by Crippen LogP contribution is -2.25. The number of ether oxygens (including phenoxy) is 1. The molecule has 0 amide bonds. The van der Waals surface area contributed by atoms with Crippen LogP contribution in [0.25, 0.3) is 0 Å². The fraction of sp³-hybridized carbons (Fsp3) is 0.500. The molecule has 1 atom stereocenters. The van der Waals surface area contributed by atoms with Crippen molar-refractivity contribution in [3.63, 3.8) is 0 Å². The molecule has 7 heteroatoms. The van der Waals surface area contributed by atoms with Gasteiger partial charge in [-0.3, -0.25) is 0 Å². The fourth-order valence-corrected chi connectivity index (χ4v) is 1.74. The monoisotopic (exact) mass is 344 g/mol. The summed E-state index contributed by atoms with van der Waals surface area (Å²) < 4.78 is 58.1. The van der Waals surface area contributed by atoms with E-state index >= 15 is 0 Å². The first-order chi connectivity index (χ1) is 8.85. The molecule has 0 saturated heterocycles. The van der Waals surface area contributed by atoms with Crippen LogP contribution in [0.5, 0.6) is 5.75 Å². The van der Waals surface area contributed by atoms with Crippen molar-refractivity contribution >= 4 is 15.9 Å². The van der Waals surface area contributed by atoms with E-state index < -0.39 is 48.9 Å². The van der Waals surface area contributed by atoms with Gasteiger partial charge in [-0.2, -0.15) is 0 Å². The molecular formula is C12H13BrF4O2. The first-order valence-electron chi connectivity index (χ1n) is 5.56. The Kier molecular flexibility index (Phi) is 5.61. The Balaban J connectivity index is 3.24. The summed E-state index contributed by atoms with van der Waals surface area (Å²) in [6.45, 7) is -0.490. The van der Waals surface area contributed by atoms with E-state index in [0.29, 0.717) is 0 Å². The van der Waals surface area contributed by atoms with Crippen LogP contribution in [-0.2, 0) is 5.92 Å². The molecule has 0 radical (unpaired) electrons. The first-order valence-corrected chi connectivity index (χ1v) is 6.35. The zero-order chi connectivity index (χ0) is 14.6. The van der Waals surface area contributed by atoms with Crippen molar-refractivity contribution in [1.29, 1.82) is 0 Å². The minimum atomic E-state index is -3.23. The van der Waals surface area contributed by atoms with E-state index in [4.69, 9.17) is 9.84 Å². The Morgan fingerprint density at radius 2 is 2.05 bits per heavy atom. The lowest BCUT2D eigenvalue weighted by molar-refractivity contribution is -0.0137. The number of aliphatic hydroxyl groups is 1. The van der Waals surface area contributed by atoms with Crippen molar-refractivity contribution < 1.29 is 27.4 Å². The van der Waals surface area contributed by atoms with Gasteiger partial charge in [-0.1, -0.05) is 6.92 Å². The summed E-state index contributed by atoms with van der Waals surface area (Å²) >= 11 is 2.81. The molecule has 0 heterocycles. The third-order valence-electron chi connectivity index (χ3n) is 2.53. The van der Waals surface area contributed by atoms with Gasteiger partial charge < -0.3 is 9.84 Å². The van der Waals surface area contributed by atoms with Crippen LogP contribution >= 0.6 is 15.9 Å². The van der Waals surface area contributed by atoms with Gasteiger partial charge in [-0.15, -0.1) is 0 Å². The van der Waals surface area contributed by atoms with Gasteiger partial charge in [0.25, 0.3) is 5.92 Å². The molecule has 0 bridgehead atoms. The second kappa shape index (κ2) is 6.56. The molecule has 19 heavy (non-hydrogen) atoms. The molecular weight excluding hydrogens is 332 g/mol. The van der Waals surface area contributed by atoms with Crippen LogP contribution < -0.4 is 4.74 Å². The highest BCUT2D eigenvalue weighted by Crippen LogP contribution is 2.40. The molecule has 0 aromatic heterocycles. The average Bonchev–Trinajstić information content (AvgIpc) is 2.39. The molecule has 0 spiro atoms. The Morgan fingerprint density at radius 3 is 2.53 bits per heavy atom. The highest BCUT2D eigenvalue weighted by molar-refractivity contribution is 9.10. The molecule has 1 rings (SSSR count). The molecule has 108 valence electrons. The van der Waals surface area contributed by atoms with E-state index in [2.05, 4.69) is 15.9 Å². The maximum absolute atomic E-state index is 13.7. The van der Waals surface area contributed by atoms with Crippen molar-refractivity contribution in [2.45, 2.75) is 25.4 Å². The molecule has 0 aliphatic carbocycles. The number of aliphatic hydroxyl groups excluding tert-OH is 1. The van der Waals surface area contributed by atoms with Gasteiger partial charge in [0.15, 0.2) is 0 Å². The maximum atomic E-state index is 13.7. The van der Waals surface area contributed by atoms with Crippen LogP contribution in [0.3, 0.4) is 0 Å². The number of halogens is 5. The van der Waals surface area contributed by atoms with E-state index in [0.717, 1.165) is 12.1 Å². The van der Waals surface area contributed by atoms with Crippen LogP contribution in [-0.4, -0.2) is 24.5 Å². The Morgan fingerprint density at radius 1 is 1.42 bits per heavy atom. The van der Waals surface area contributed by atoms with Crippen LogP contribution in [0.4, 0.5) is 17.6 Å². The molecule has 1 aromatic carbocycles. The summed E-state index contributed by atoms with van der Waals surface area (Å²) in [6, 6.07) is 1.65. The normalized spacial score (nSPS) is 13.4. The van der Waals surface area contributed by atoms with Gasteiger partial charge in [0.1, 0.15) is 24.3 Å². The third kappa shape index (κ3) is 3.82. The Bertz CT molecular complexity index is 436. The SMILES string of the molecule is CCC(F)(F)c1cc(Br)c(F)cc1OC(CO)CF. The Hall–Kier alpha value is -0.820. The van der Waals surface area contributed by atoms with Gasteiger partial charge in [0, 0.05) is 12.5 Å². The van der Waals surface area contributed by atoms with Crippen molar-refractivity contribution in [2.24, 2.45) is 0 Å². The zero-order valence-electron chi connectivity index (χ0n) is 10.1. The summed E-state index contributed by atoms with van der Waals surface area (Å²) in [6.07, 6.45) is -1.81. The number of hydrogen-bond donors (Lipinski definition) is 1. The largest absolute Gasteiger partial charge is 0.485 e. The predicted molar refractivity (Wildman–Crippen MR) is 65.8 cm³/mol. The molecule has 0 saturated carbocycles. The lowest BCUT2D eigenvalue weighted by Gasteiger charge is -2.22. The second-order valence-corrected chi connectivity index (χ2v) is 4.75. The van der Waals surface area contributed by atoms with Crippen LogP contribution in [0.2, 0.25) is 0 Å². The number of hydrogen-bond acceptors (Lipinski definition) is 2. The number of rotatable bonds is 6. The third-order valence-corrected chi connectivity index (χ3v) is 3.14. The van der Waals surface area contributed by atoms with Crippen molar-refractivity contribution in [3.8, 4) is 5.75 Å². The maximum Gasteiger partial charge on any atom is 0.276 e. The van der Waals surface area contributed by atoms with Crippen LogP contribution in [0, 0.1) is 5.82 Å². The summed E-state index contributed by atoms with van der Waals surface area (Å²) in [7, 11) is 0. The number of alkyl halides is 3. The van der Waals surface area contributed by atoms with E-state index in [1.165, 1.54) is 6.92 Å². The molecule has 1 N–H and O–H groups in total. The van der Waals surface area contributed by atoms with Crippen LogP contribution in [0.15, 0.2) is 16.6 Å². The molecule has 0 aliphatic heterocycles. The molecule has 1 aromatic rings. The van der Waals surface area contributed by atoms with Crippen LogP contribution in [0.1, 0.15) is 18.9 Å². The minimum Gasteiger partial charge on any atom is -0.485 e. The van der Waals surface area contributed by atoms with Crippen molar-refractivity contribution in [3.05, 3.63) is 28.0 Å². The molecule has 0 fully saturated rings. The van der Waals surface area contributed by atoms with E-state index in [9.17, 15) is 17.6 Å². The van der Waals surface area contributed by atoms with Gasteiger partial charge in [-0.05, 0) is 22.0 Å². The average molecular weight is 345 g/mol. The fourth-order valence-electron chi connectivity index (χ4n) is 1.40. The highest BCUT2D eigenvalue weighted by atomic mass is 79.9. The quantitative estimate of drug-likeness (QED) is 0.795. The Labute approximate surface area is 116 Å². The summed E-state index contributed by atoms with van der Waals surface area (Å²) in [4.78, 5) is 0. The molecule has 2 nitrogen and oxygen atoms in total. The van der Waals surface area contributed by atoms with Gasteiger partial charge in [-0.25, -0.2) is 17.6 Å². The minimum absolute atomic E-state index is 0.135. The standard InChI is InChI=1S/C12H13BrF4O2/c1-2-12(16,17)8-3-9(13)10(15)4-11(8)19-7(5-14)6-18/h3-4,7,18H,2,5-6H2,1H3. The topological polar surface area (TPSA) is 29.5 Å². The van der Waals surface area contributed by atoms with Crippen molar-refractivity contribution in [2.75, 3.05) is 13.3 Å². The smallest absolute Gasteiger partial charge is 0.276 e. The molecule has 1 unspecified atom stereocenters. The summed E-state index contributed by atoms with van der Waals surface area (Å²) in [5, 5.41) is 8.81. The van der Waals surface area contributed by atoms with E-state index in [1.807, 2.05) is 0 Å². The van der Waals surface area contributed by atoms with Gasteiger partial charge in [0.05, 0.1) is 16.6 Å². The summed E-state index contributed by atoms with van der Waals surface area (Å²) in [5.41, 5.74) is -0.546. The predicted octanol–water partition coefficient (Wildman–Crippen LogP) is 3.80. The highest BCUT2D eigenvalue weighted by Gasteiger charge is 2.34. The zero-order valence-corrected chi connectivity index (χ0v) is 11.7. The number of benzene rings is 1.